The first-order valence-corrected chi connectivity index (χ1v) is 6.93. The number of rotatable bonds is 3. The molecule has 0 fully saturated rings. The molecule has 0 atom stereocenters. The molecule has 0 spiro atoms. The van der Waals surface area contributed by atoms with Gasteiger partial charge in [0, 0.05) is 7.05 Å². The van der Waals surface area contributed by atoms with Crippen molar-refractivity contribution in [1.29, 1.82) is 0 Å². The summed E-state index contributed by atoms with van der Waals surface area (Å²) >= 11 is 0. The summed E-state index contributed by atoms with van der Waals surface area (Å²) in [5, 5.41) is 0.370. The molecule has 0 saturated heterocycles. The van der Waals surface area contributed by atoms with Gasteiger partial charge in [0.1, 0.15) is 5.75 Å². The topological polar surface area (TPSA) is 72.6 Å². The summed E-state index contributed by atoms with van der Waals surface area (Å²) in [4.78, 5) is 30.1. The number of anilines is 1. The Bertz CT molecular complexity index is 933. The fourth-order valence-electron chi connectivity index (χ4n) is 2.24. The summed E-state index contributed by atoms with van der Waals surface area (Å²) in [6.07, 6.45) is 0. The average Bonchev–Trinajstić information content (AvgIpc) is 2.60. The van der Waals surface area contributed by atoms with Crippen molar-refractivity contribution < 1.29 is 13.9 Å². The summed E-state index contributed by atoms with van der Waals surface area (Å²) in [5.74, 6) is 0.0564. The standard InChI is InChI=1S/C17H14N2O4/c1-19(15(20)12-8-4-6-10-14(12)22-2)17-18-13-9-5-3-7-11(13)16(21)23-17/h3-10H,1-2H3. The van der Waals surface area contributed by atoms with E-state index in [-0.39, 0.29) is 11.9 Å². The Balaban J connectivity index is 2.04. The minimum atomic E-state index is -0.537. The maximum absolute atomic E-state index is 12.6. The van der Waals surface area contributed by atoms with Crippen LogP contribution < -0.4 is 15.3 Å². The zero-order valence-electron chi connectivity index (χ0n) is 12.6. The molecule has 3 aromatic rings. The molecule has 0 bridgehead atoms. The van der Waals surface area contributed by atoms with E-state index in [0.717, 1.165) is 0 Å². The van der Waals surface area contributed by atoms with Gasteiger partial charge in [-0.05, 0) is 24.3 Å². The van der Waals surface area contributed by atoms with Crippen LogP contribution in [0.25, 0.3) is 10.9 Å². The lowest BCUT2D eigenvalue weighted by molar-refractivity contribution is 0.0984. The van der Waals surface area contributed by atoms with Gasteiger partial charge in [0.25, 0.3) is 5.91 Å². The minimum absolute atomic E-state index is 0.0652. The number of ether oxygens (including phenoxy) is 1. The van der Waals surface area contributed by atoms with Crippen LogP contribution in [0.2, 0.25) is 0 Å². The number of carbonyl (C=O) groups is 1. The molecule has 2 aromatic carbocycles. The highest BCUT2D eigenvalue weighted by atomic mass is 16.5. The molecule has 6 nitrogen and oxygen atoms in total. The Labute approximate surface area is 131 Å². The highest BCUT2D eigenvalue weighted by molar-refractivity contribution is 6.06. The van der Waals surface area contributed by atoms with Crippen LogP contribution in [0.1, 0.15) is 10.4 Å². The van der Waals surface area contributed by atoms with Crippen LogP contribution in [-0.4, -0.2) is 25.0 Å². The Hall–Kier alpha value is -3.15. The van der Waals surface area contributed by atoms with Crippen molar-refractivity contribution in [3.63, 3.8) is 0 Å². The van der Waals surface area contributed by atoms with Gasteiger partial charge in [-0.15, -0.1) is 0 Å². The van der Waals surface area contributed by atoms with E-state index in [0.29, 0.717) is 22.2 Å². The molecular formula is C17H14N2O4. The Kier molecular flexibility index (Phi) is 3.80. The zero-order valence-corrected chi connectivity index (χ0v) is 12.6. The third kappa shape index (κ3) is 2.66. The van der Waals surface area contributed by atoms with Crippen molar-refractivity contribution in [2.45, 2.75) is 0 Å². The van der Waals surface area contributed by atoms with Gasteiger partial charge in [0.05, 0.1) is 23.6 Å². The molecule has 1 amide bonds. The maximum Gasteiger partial charge on any atom is 0.348 e. The quantitative estimate of drug-likeness (QED) is 0.743. The van der Waals surface area contributed by atoms with Crippen molar-refractivity contribution in [2.75, 3.05) is 19.1 Å². The van der Waals surface area contributed by atoms with E-state index >= 15 is 0 Å². The van der Waals surface area contributed by atoms with Crippen LogP contribution >= 0.6 is 0 Å². The molecular weight excluding hydrogens is 296 g/mol. The molecule has 116 valence electrons. The number of hydrogen-bond donors (Lipinski definition) is 0. The summed E-state index contributed by atoms with van der Waals surface area (Å²) in [6, 6.07) is 13.6. The van der Waals surface area contributed by atoms with Gasteiger partial charge < -0.3 is 9.15 Å². The maximum atomic E-state index is 12.6. The van der Waals surface area contributed by atoms with Crippen LogP contribution in [0.4, 0.5) is 6.01 Å². The first kappa shape index (κ1) is 14.8. The first-order valence-electron chi connectivity index (χ1n) is 6.93. The summed E-state index contributed by atoms with van der Waals surface area (Å²) in [7, 11) is 2.98. The van der Waals surface area contributed by atoms with Gasteiger partial charge in [-0.25, -0.2) is 4.79 Å². The van der Waals surface area contributed by atoms with Crippen molar-refractivity contribution in [3.05, 3.63) is 64.5 Å². The van der Waals surface area contributed by atoms with Gasteiger partial charge >= 0.3 is 11.6 Å². The van der Waals surface area contributed by atoms with Crippen LogP contribution in [0, 0.1) is 0 Å². The highest BCUT2D eigenvalue weighted by Gasteiger charge is 2.21. The second-order valence-corrected chi connectivity index (χ2v) is 4.87. The second kappa shape index (κ2) is 5.92. The molecule has 0 aliphatic rings. The van der Waals surface area contributed by atoms with E-state index in [2.05, 4.69) is 4.98 Å². The molecule has 3 rings (SSSR count). The van der Waals surface area contributed by atoms with Gasteiger partial charge in [-0.3, -0.25) is 9.69 Å². The third-order valence-corrected chi connectivity index (χ3v) is 3.45. The van der Waals surface area contributed by atoms with E-state index in [1.54, 1.807) is 48.5 Å². The number of hydrogen-bond acceptors (Lipinski definition) is 5. The van der Waals surface area contributed by atoms with E-state index in [1.165, 1.54) is 19.1 Å². The molecule has 1 heterocycles. The molecule has 1 aromatic heterocycles. The van der Waals surface area contributed by atoms with Crippen LogP contribution in [0.15, 0.2) is 57.7 Å². The van der Waals surface area contributed by atoms with Crippen molar-refractivity contribution in [3.8, 4) is 5.75 Å². The van der Waals surface area contributed by atoms with Crippen LogP contribution in [0.3, 0.4) is 0 Å². The summed E-state index contributed by atoms with van der Waals surface area (Å²) < 4.78 is 10.4. The Morgan fingerprint density at radius 3 is 2.61 bits per heavy atom. The minimum Gasteiger partial charge on any atom is -0.496 e. The second-order valence-electron chi connectivity index (χ2n) is 4.87. The number of amides is 1. The number of carbonyl (C=O) groups excluding carboxylic acids is 1. The van der Waals surface area contributed by atoms with Crippen LogP contribution in [0.5, 0.6) is 5.75 Å². The van der Waals surface area contributed by atoms with Gasteiger partial charge in [0.2, 0.25) is 0 Å². The van der Waals surface area contributed by atoms with Crippen molar-refractivity contribution in [1.82, 2.24) is 4.98 Å². The fraction of sp³-hybridized carbons (Fsp3) is 0.118. The Morgan fingerprint density at radius 2 is 1.83 bits per heavy atom. The number of nitrogens with zero attached hydrogens (tertiary/aromatic N) is 2. The van der Waals surface area contributed by atoms with Crippen molar-refractivity contribution in [2.24, 2.45) is 0 Å². The number of benzene rings is 2. The molecule has 0 N–H and O–H groups in total. The lowest BCUT2D eigenvalue weighted by atomic mass is 10.2. The number of fused-ring (bicyclic) bond motifs is 1. The summed E-state index contributed by atoms with van der Waals surface area (Å²) in [5.41, 5.74) is 0.291. The average molecular weight is 310 g/mol. The predicted octanol–water partition coefficient (Wildman–Crippen LogP) is 2.47. The number of para-hydroxylation sites is 2. The fourth-order valence-corrected chi connectivity index (χ4v) is 2.24. The van der Waals surface area contributed by atoms with E-state index in [1.807, 2.05) is 0 Å². The lowest BCUT2D eigenvalue weighted by Gasteiger charge is -2.16. The lowest BCUT2D eigenvalue weighted by Crippen LogP contribution is -2.28. The normalized spacial score (nSPS) is 10.5. The molecule has 23 heavy (non-hydrogen) atoms. The highest BCUT2D eigenvalue weighted by Crippen LogP contribution is 2.21. The van der Waals surface area contributed by atoms with E-state index in [4.69, 9.17) is 9.15 Å². The first-order chi connectivity index (χ1) is 11.1. The number of aromatic nitrogens is 1. The summed E-state index contributed by atoms with van der Waals surface area (Å²) in [6.45, 7) is 0. The molecule has 0 saturated carbocycles. The largest absolute Gasteiger partial charge is 0.496 e. The SMILES string of the molecule is COc1ccccc1C(=O)N(C)c1nc2ccccc2c(=O)o1. The van der Waals surface area contributed by atoms with E-state index in [9.17, 15) is 9.59 Å². The predicted molar refractivity (Wildman–Crippen MR) is 86.0 cm³/mol. The Morgan fingerprint density at radius 1 is 1.13 bits per heavy atom. The molecule has 0 unspecified atom stereocenters. The van der Waals surface area contributed by atoms with Gasteiger partial charge in [-0.2, -0.15) is 4.98 Å². The van der Waals surface area contributed by atoms with Gasteiger partial charge in [0.15, 0.2) is 0 Å². The van der Waals surface area contributed by atoms with E-state index < -0.39 is 5.63 Å². The molecule has 6 heteroatoms. The molecule has 0 aliphatic heterocycles. The third-order valence-electron chi connectivity index (χ3n) is 3.45. The van der Waals surface area contributed by atoms with Gasteiger partial charge in [-0.1, -0.05) is 24.3 Å². The van der Waals surface area contributed by atoms with Crippen molar-refractivity contribution >= 4 is 22.8 Å². The number of methoxy groups -OCH3 is 1. The molecule has 0 radical (unpaired) electrons. The smallest absolute Gasteiger partial charge is 0.348 e. The van der Waals surface area contributed by atoms with Crippen LogP contribution in [-0.2, 0) is 0 Å². The monoisotopic (exact) mass is 310 g/mol. The zero-order chi connectivity index (χ0) is 16.4. The molecule has 0 aliphatic carbocycles.